The normalized spacial score (nSPS) is 13.8. The second-order valence-corrected chi connectivity index (χ2v) is 6.41. The molecular weight excluding hydrogens is 344 g/mol. The van der Waals surface area contributed by atoms with Crippen molar-refractivity contribution in [3.8, 4) is 0 Å². The summed E-state index contributed by atoms with van der Waals surface area (Å²) in [4.78, 5) is 20.8. The van der Waals surface area contributed by atoms with E-state index in [1.165, 1.54) is 0 Å². The van der Waals surface area contributed by atoms with Crippen molar-refractivity contribution in [2.75, 3.05) is 5.32 Å². The van der Waals surface area contributed by atoms with Gasteiger partial charge in [0.1, 0.15) is 5.69 Å². The number of nitrogens with one attached hydrogen (secondary N) is 2. The van der Waals surface area contributed by atoms with Crippen molar-refractivity contribution in [3.63, 3.8) is 0 Å². The van der Waals surface area contributed by atoms with Gasteiger partial charge in [0.05, 0.1) is 0 Å². The maximum atomic E-state index is 12.1. The van der Waals surface area contributed by atoms with Gasteiger partial charge in [-0.2, -0.15) is 0 Å². The highest BCUT2D eigenvalue weighted by molar-refractivity contribution is 9.10. The molecule has 0 aliphatic heterocycles. The number of carbonyl (C=O) groups is 1. The number of amides is 1. The van der Waals surface area contributed by atoms with Crippen LogP contribution in [0.4, 0.5) is 11.6 Å². The number of rotatable bonds is 4. The molecule has 5 nitrogen and oxygen atoms in total. The van der Waals surface area contributed by atoms with Gasteiger partial charge in [-0.15, -0.1) is 0 Å². The highest BCUT2D eigenvalue weighted by Gasteiger charge is 2.24. The van der Waals surface area contributed by atoms with E-state index in [0.717, 1.165) is 34.3 Å². The molecule has 1 aliphatic carbocycles. The molecule has 1 aliphatic rings. The van der Waals surface area contributed by atoms with Gasteiger partial charge >= 0.3 is 0 Å². The van der Waals surface area contributed by atoms with E-state index in [1.807, 2.05) is 32.0 Å². The minimum Gasteiger partial charge on any atom is -0.348 e. The van der Waals surface area contributed by atoms with Gasteiger partial charge < -0.3 is 10.6 Å². The molecule has 0 bridgehead atoms. The summed E-state index contributed by atoms with van der Waals surface area (Å²) >= 11 is 3.50. The van der Waals surface area contributed by atoms with Gasteiger partial charge in [-0.3, -0.25) is 4.79 Å². The fraction of sp³-hybridized carbons (Fsp3) is 0.312. The number of anilines is 2. The summed E-state index contributed by atoms with van der Waals surface area (Å²) in [6.07, 6.45) is 2.11. The van der Waals surface area contributed by atoms with Gasteiger partial charge in [-0.05, 0) is 50.5 Å². The summed E-state index contributed by atoms with van der Waals surface area (Å²) in [5.74, 6) is 0.290. The first-order valence-corrected chi connectivity index (χ1v) is 8.00. The van der Waals surface area contributed by atoms with Gasteiger partial charge in [0, 0.05) is 21.9 Å². The SMILES string of the molecule is Cc1cc(C(=O)NC2CC2)nc(Nc2ccc(C)c(Br)c2)n1. The zero-order valence-electron chi connectivity index (χ0n) is 12.5. The topological polar surface area (TPSA) is 66.9 Å². The molecule has 3 rings (SSSR count). The Hall–Kier alpha value is -1.95. The number of nitrogens with zero attached hydrogens (tertiary/aromatic N) is 2. The summed E-state index contributed by atoms with van der Waals surface area (Å²) in [5.41, 5.74) is 3.18. The molecule has 1 heterocycles. The van der Waals surface area contributed by atoms with Crippen LogP contribution in [0.3, 0.4) is 0 Å². The maximum Gasteiger partial charge on any atom is 0.270 e. The number of aromatic nitrogens is 2. The zero-order chi connectivity index (χ0) is 15.7. The van der Waals surface area contributed by atoms with E-state index in [-0.39, 0.29) is 5.91 Å². The highest BCUT2D eigenvalue weighted by Crippen LogP contribution is 2.23. The Bertz CT molecular complexity index is 728. The van der Waals surface area contributed by atoms with Crippen LogP contribution in [0.2, 0.25) is 0 Å². The van der Waals surface area contributed by atoms with Crippen molar-refractivity contribution in [3.05, 3.63) is 45.7 Å². The molecular formula is C16H17BrN4O. The van der Waals surface area contributed by atoms with Crippen LogP contribution >= 0.6 is 15.9 Å². The van der Waals surface area contributed by atoms with Crippen molar-refractivity contribution in [2.24, 2.45) is 0 Å². The third-order valence-electron chi connectivity index (χ3n) is 3.43. The first kappa shape index (κ1) is 15.0. The number of carbonyl (C=O) groups excluding carboxylic acids is 1. The molecule has 0 atom stereocenters. The van der Waals surface area contributed by atoms with Crippen molar-refractivity contribution in [1.29, 1.82) is 0 Å². The van der Waals surface area contributed by atoms with Crippen molar-refractivity contribution >= 4 is 33.5 Å². The summed E-state index contributed by atoms with van der Waals surface area (Å²) in [7, 11) is 0. The van der Waals surface area contributed by atoms with Crippen LogP contribution in [0.5, 0.6) is 0 Å². The lowest BCUT2D eigenvalue weighted by Gasteiger charge is -2.09. The third kappa shape index (κ3) is 3.62. The van der Waals surface area contributed by atoms with Crippen LogP contribution in [-0.4, -0.2) is 21.9 Å². The highest BCUT2D eigenvalue weighted by atomic mass is 79.9. The first-order chi connectivity index (χ1) is 10.5. The van der Waals surface area contributed by atoms with E-state index in [0.29, 0.717) is 17.7 Å². The molecule has 0 saturated heterocycles. The quantitative estimate of drug-likeness (QED) is 0.875. The van der Waals surface area contributed by atoms with Crippen molar-refractivity contribution in [2.45, 2.75) is 32.7 Å². The van der Waals surface area contributed by atoms with Gasteiger partial charge in [0.15, 0.2) is 0 Å². The minimum absolute atomic E-state index is 0.138. The second kappa shape index (κ2) is 6.04. The predicted octanol–water partition coefficient (Wildman–Crippen LogP) is 3.49. The van der Waals surface area contributed by atoms with Gasteiger partial charge in [0.2, 0.25) is 5.95 Å². The Morgan fingerprint density at radius 3 is 2.68 bits per heavy atom. The largest absolute Gasteiger partial charge is 0.348 e. The number of hydrogen-bond donors (Lipinski definition) is 2. The minimum atomic E-state index is -0.138. The van der Waals surface area contributed by atoms with E-state index < -0.39 is 0 Å². The maximum absolute atomic E-state index is 12.1. The molecule has 1 saturated carbocycles. The van der Waals surface area contributed by atoms with Crippen LogP contribution in [0.15, 0.2) is 28.7 Å². The van der Waals surface area contributed by atoms with Crippen LogP contribution in [0.25, 0.3) is 0 Å². The smallest absolute Gasteiger partial charge is 0.270 e. The Labute approximate surface area is 137 Å². The van der Waals surface area contributed by atoms with Crippen molar-refractivity contribution < 1.29 is 4.79 Å². The zero-order valence-corrected chi connectivity index (χ0v) is 14.1. The number of hydrogen-bond acceptors (Lipinski definition) is 4. The lowest BCUT2D eigenvalue weighted by Crippen LogP contribution is -2.26. The Kier molecular flexibility index (Phi) is 4.11. The molecule has 1 aromatic carbocycles. The molecule has 2 N–H and O–H groups in total. The molecule has 22 heavy (non-hydrogen) atoms. The van der Waals surface area contributed by atoms with Gasteiger partial charge in [-0.25, -0.2) is 9.97 Å². The summed E-state index contributed by atoms with van der Waals surface area (Å²) < 4.78 is 1.01. The molecule has 0 unspecified atom stereocenters. The van der Waals surface area contributed by atoms with E-state index in [2.05, 4.69) is 36.5 Å². The van der Waals surface area contributed by atoms with Crippen LogP contribution < -0.4 is 10.6 Å². The Morgan fingerprint density at radius 1 is 1.23 bits per heavy atom. The molecule has 6 heteroatoms. The van der Waals surface area contributed by atoms with E-state index in [4.69, 9.17) is 0 Å². The fourth-order valence-electron chi connectivity index (χ4n) is 2.03. The number of aryl methyl sites for hydroxylation is 2. The van der Waals surface area contributed by atoms with Gasteiger partial charge in [0.25, 0.3) is 5.91 Å². The van der Waals surface area contributed by atoms with Gasteiger partial charge in [-0.1, -0.05) is 22.0 Å². The number of halogens is 1. The monoisotopic (exact) mass is 360 g/mol. The predicted molar refractivity (Wildman–Crippen MR) is 89.4 cm³/mol. The fourth-order valence-corrected chi connectivity index (χ4v) is 2.41. The standard InChI is InChI=1S/C16H17BrN4O/c1-9-3-4-12(8-13(9)17)20-16-18-10(2)7-14(21-16)15(22)19-11-5-6-11/h3-4,7-8,11H,5-6H2,1-2H3,(H,19,22)(H,18,20,21). The second-order valence-electron chi connectivity index (χ2n) is 5.55. The average molecular weight is 361 g/mol. The molecule has 1 aromatic heterocycles. The average Bonchev–Trinajstić information content (AvgIpc) is 3.26. The van der Waals surface area contributed by atoms with Crippen LogP contribution in [0.1, 0.15) is 34.6 Å². The van der Waals surface area contributed by atoms with E-state index in [1.54, 1.807) is 6.07 Å². The first-order valence-electron chi connectivity index (χ1n) is 7.21. The summed E-state index contributed by atoms with van der Waals surface area (Å²) in [6.45, 7) is 3.88. The summed E-state index contributed by atoms with van der Waals surface area (Å²) in [5, 5.41) is 6.09. The molecule has 114 valence electrons. The number of benzene rings is 1. The van der Waals surface area contributed by atoms with E-state index in [9.17, 15) is 4.79 Å². The van der Waals surface area contributed by atoms with Crippen LogP contribution in [-0.2, 0) is 0 Å². The summed E-state index contributed by atoms with van der Waals surface area (Å²) in [6, 6.07) is 7.93. The molecule has 1 amide bonds. The Balaban J connectivity index is 1.81. The molecule has 1 fully saturated rings. The van der Waals surface area contributed by atoms with E-state index >= 15 is 0 Å². The molecule has 2 aromatic rings. The van der Waals surface area contributed by atoms with Crippen LogP contribution in [0, 0.1) is 13.8 Å². The lowest BCUT2D eigenvalue weighted by molar-refractivity contribution is 0.0946. The van der Waals surface area contributed by atoms with Crippen molar-refractivity contribution in [1.82, 2.24) is 15.3 Å². The third-order valence-corrected chi connectivity index (χ3v) is 4.28. The lowest BCUT2D eigenvalue weighted by atomic mass is 10.2. The molecule has 0 radical (unpaired) electrons. The Morgan fingerprint density at radius 2 is 2.00 bits per heavy atom. The molecule has 0 spiro atoms.